The summed E-state index contributed by atoms with van der Waals surface area (Å²) in [7, 11) is 1.52. The predicted octanol–water partition coefficient (Wildman–Crippen LogP) is 2.71. The summed E-state index contributed by atoms with van der Waals surface area (Å²) in [6.45, 7) is 1.83. The second kappa shape index (κ2) is 7.04. The van der Waals surface area contributed by atoms with Crippen LogP contribution in [0.2, 0.25) is 0 Å². The summed E-state index contributed by atoms with van der Waals surface area (Å²) >= 11 is 0. The first kappa shape index (κ1) is 16.0. The van der Waals surface area contributed by atoms with Gasteiger partial charge in [-0.3, -0.25) is 10.1 Å². The number of benzene rings is 2. The van der Waals surface area contributed by atoms with E-state index in [0.717, 1.165) is 5.56 Å². The van der Waals surface area contributed by atoms with Crippen molar-refractivity contribution in [1.29, 1.82) is 0 Å². The summed E-state index contributed by atoms with van der Waals surface area (Å²) < 4.78 is 18.7. The number of methoxy groups -OCH3 is 1. The molecule has 5 heteroatoms. The molecule has 2 unspecified atom stereocenters. The fraction of sp³-hybridized carbons (Fsp3) is 0.235. The molecular formula is C17H19FN2O2. The lowest BCUT2D eigenvalue weighted by Crippen LogP contribution is -2.35. The van der Waals surface area contributed by atoms with Gasteiger partial charge in [0.25, 0.3) is 0 Å². The van der Waals surface area contributed by atoms with E-state index in [1.54, 1.807) is 6.07 Å². The van der Waals surface area contributed by atoms with E-state index in [2.05, 4.69) is 5.32 Å². The Balaban J connectivity index is 2.27. The number of amides is 1. The quantitative estimate of drug-likeness (QED) is 0.862. The highest BCUT2D eigenvalue weighted by molar-refractivity contribution is 5.81. The highest BCUT2D eigenvalue weighted by atomic mass is 19.1. The van der Waals surface area contributed by atoms with Crippen LogP contribution in [0.25, 0.3) is 0 Å². The normalized spacial score (nSPS) is 13.4. The van der Waals surface area contributed by atoms with Gasteiger partial charge in [-0.2, -0.15) is 0 Å². The van der Waals surface area contributed by atoms with Crippen molar-refractivity contribution in [2.75, 3.05) is 7.11 Å². The van der Waals surface area contributed by atoms with E-state index >= 15 is 0 Å². The number of carbonyl (C=O) groups excluding carboxylic acids is 1. The number of rotatable bonds is 6. The molecule has 0 radical (unpaired) electrons. The molecule has 4 nitrogen and oxygen atoms in total. The average Bonchev–Trinajstić information content (AvgIpc) is 2.52. The number of ether oxygens (including phenoxy) is 1. The van der Waals surface area contributed by atoms with Gasteiger partial charge in [0.05, 0.1) is 7.11 Å². The van der Waals surface area contributed by atoms with Gasteiger partial charge in [0, 0.05) is 11.6 Å². The van der Waals surface area contributed by atoms with Crippen molar-refractivity contribution in [3.8, 4) is 5.75 Å². The summed E-state index contributed by atoms with van der Waals surface area (Å²) in [5, 5.41) is 3.13. The molecule has 116 valence electrons. The summed E-state index contributed by atoms with van der Waals surface area (Å²) in [4.78, 5) is 11.7. The van der Waals surface area contributed by atoms with Crippen LogP contribution in [0.1, 0.15) is 30.1 Å². The van der Waals surface area contributed by atoms with Crippen molar-refractivity contribution in [3.05, 3.63) is 65.5 Å². The maximum atomic E-state index is 13.5. The molecule has 0 saturated heterocycles. The number of nitrogens with two attached hydrogens (primary N) is 1. The summed E-state index contributed by atoms with van der Waals surface area (Å²) in [6, 6.07) is 12.5. The number of nitrogens with one attached hydrogen (secondary N) is 1. The van der Waals surface area contributed by atoms with Crippen LogP contribution in [0, 0.1) is 5.82 Å². The van der Waals surface area contributed by atoms with Gasteiger partial charge in [-0.1, -0.05) is 30.3 Å². The van der Waals surface area contributed by atoms with E-state index in [-0.39, 0.29) is 11.9 Å². The minimum absolute atomic E-state index is 0.316. The molecule has 0 aliphatic carbocycles. The van der Waals surface area contributed by atoms with Crippen molar-refractivity contribution in [2.45, 2.75) is 19.0 Å². The second-order valence-electron chi connectivity index (χ2n) is 5.02. The van der Waals surface area contributed by atoms with Gasteiger partial charge in [-0.25, -0.2) is 4.39 Å². The topological polar surface area (TPSA) is 64.3 Å². The Morgan fingerprint density at radius 2 is 1.91 bits per heavy atom. The maximum absolute atomic E-state index is 13.5. The van der Waals surface area contributed by atoms with Crippen molar-refractivity contribution in [1.82, 2.24) is 5.32 Å². The first-order valence-electron chi connectivity index (χ1n) is 6.96. The molecule has 0 heterocycles. The zero-order chi connectivity index (χ0) is 16.1. The van der Waals surface area contributed by atoms with Crippen LogP contribution in [0.3, 0.4) is 0 Å². The molecule has 0 spiro atoms. The molecule has 0 saturated carbocycles. The lowest BCUT2D eigenvalue weighted by Gasteiger charge is -2.23. The molecule has 2 aromatic carbocycles. The maximum Gasteiger partial charge on any atom is 0.239 e. The SMILES string of the molecule is COc1ccc(F)cc1C(C)NC(C(N)=O)c1ccccc1. The van der Waals surface area contributed by atoms with Crippen LogP contribution in [0.4, 0.5) is 4.39 Å². The first-order chi connectivity index (χ1) is 10.5. The minimum Gasteiger partial charge on any atom is -0.496 e. The Morgan fingerprint density at radius 3 is 2.50 bits per heavy atom. The van der Waals surface area contributed by atoms with E-state index in [0.29, 0.717) is 11.3 Å². The molecule has 0 aromatic heterocycles. The highest BCUT2D eigenvalue weighted by Gasteiger charge is 2.22. The Labute approximate surface area is 129 Å². The van der Waals surface area contributed by atoms with Gasteiger partial charge in [-0.05, 0) is 30.7 Å². The lowest BCUT2D eigenvalue weighted by atomic mass is 10.0. The smallest absolute Gasteiger partial charge is 0.239 e. The number of halogens is 1. The van der Waals surface area contributed by atoms with Gasteiger partial charge < -0.3 is 10.5 Å². The fourth-order valence-corrected chi connectivity index (χ4v) is 2.37. The summed E-state index contributed by atoms with van der Waals surface area (Å²) in [5.41, 5.74) is 6.88. The Hall–Kier alpha value is -2.40. The molecule has 0 fully saturated rings. The zero-order valence-corrected chi connectivity index (χ0v) is 12.5. The van der Waals surface area contributed by atoms with E-state index < -0.39 is 11.9 Å². The highest BCUT2D eigenvalue weighted by Crippen LogP contribution is 2.28. The Kier molecular flexibility index (Phi) is 5.12. The molecule has 2 rings (SSSR count). The number of hydrogen-bond acceptors (Lipinski definition) is 3. The van der Waals surface area contributed by atoms with Gasteiger partial charge in [-0.15, -0.1) is 0 Å². The van der Waals surface area contributed by atoms with Crippen LogP contribution in [-0.4, -0.2) is 13.0 Å². The lowest BCUT2D eigenvalue weighted by molar-refractivity contribution is -0.120. The Bertz CT molecular complexity index is 646. The van der Waals surface area contributed by atoms with Gasteiger partial charge in [0.2, 0.25) is 5.91 Å². The number of hydrogen-bond donors (Lipinski definition) is 2. The standard InChI is InChI=1S/C17H19FN2O2/c1-11(14-10-13(18)8-9-15(14)22-2)20-16(17(19)21)12-6-4-3-5-7-12/h3-11,16,20H,1-2H3,(H2,19,21). The third kappa shape index (κ3) is 3.62. The molecule has 0 aliphatic heterocycles. The first-order valence-corrected chi connectivity index (χ1v) is 6.96. The van der Waals surface area contributed by atoms with Crippen molar-refractivity contribution < 1.29 is 13.9 Å². The third-order valence-corrected chi connectivity index (χ3v) is 3.49. The van der Waals surface area contributed by atoms with Gasteiger partial charge in [0.15, 0.2) is 0 Å². The van der Waals surface area contributed by atoms with Crippen molar-refractivity contribution >= 4 is 5.91 Å². The van der Waals surface area contributed by atoms with E-state index in [9.17, 15) is 9.18 Å². The molecule has 0 bridgehead atoms. The van der Waals surface area contributed by atoms with Crippen LogP contribution in [-0.2, 0) is 4.79 Å². The largest absolute Gasteiger partial charge is 0.496 e. The Morgan fingerprint density at radius 1 is 1.23 bits per heavy atom. The van der Waals surface area contributed by atoms with E-state index in [4.69, 9.17) is 10.5 Å². The van der Waals surface area contributed by atoms with E-state index in [1.165, 1.54) is 19.2 Å². The van der Waals surface area contributed by atoms with Crippen molar-refractivity contribution in [3.63, 3.8) is 0 Å². The molecular weight excluding hydrogens is 283 g/mol. The summed E-state index contributed by atoms with van der Waals surface area (Å²) in [5.74, 6) is -0.300. The molecule has 3 N–H and O–H groups in total. The number of carbonyl (C=O) groups is 1. The van der Waals surface area contributed by atoms with Crippen LogP contribution in [0.5, 0.6) is 5.75 Å². The predicted molar refractivity (Wildman–Crippen MR) is 82.9 cm³/mol. The molecule has 2 aromatic rings. The van der Waals surface area contributed by atoms with Gasteiger partial charge in [0.1, 0.15) is 17.6 Å². The number of primary amides is 1. The fourth-order valence-electron chi connectivity index (χ4n) is 2.37. The van der Waals surface area contributed by atoms with Crippen molar-refractivity contribution in [2.24, 2.45) is 5.73 Å². The monoisotopic (exact) mass is 302 g/mol. The molecule has 0 aliphatic rings. The van der Waals surface area contributed by atoms with Gasteiger partial charge >= 0.3 is 0 Å². The molecule has 1 amide bonds. The summed E-state index contributed by atoms with van der Waals surface area (Å²) in [6.07, 6.45) is 0. The molecule has 22 heavy (non-hydrogen) atoms. The third-order valence-electron chi connectivity index (χ3n) is 3.49. The minimum atomic E-state index is -0.663. The molecule has 2 atom stereocenters. The zero-order valence-electron chi connectivity index (χ0n) is 12.5. The second-order valence-corrected chi connectivity index (χ2v) is 5.02. The van der Waals surface area contributed by atoms with Crippen LogP contribution < -0.4 is 15.8 Å². The van der Waals surface area contributed by atoms with Crippen LogP contribution >= 0.6 is 0 Å². The average molecular weight is 302 g/mol. The van der Waals surface area contributed by atoms with Crippen LogP contribution in [0.15, 0.2) is 48.5 Å². The van der Waals surface area contributed by atoms with E-state index in [1.807, 2.05) is 37.3 Å².